The van der Waals surface area contributed by atoms with Gasteiger partial charge in [-0.1, -0.05) is 53.9 Å². The lowest BCUT2D eigenvalue weighted by atomic mass is 10.1. The third-order valence-electron chi connectivity index (χ3n) is 5.90. The number of rotatable bonds is 10. The SMILES string of the molecule is CCN(CC)C(=O)CSc1nnc(SCC(=O)N2CCN(C(C)c3ccccc3)CC2)n1N. The van der Waals surface area contributed by atoms with Crippen LogP contribution in [-0.2, 0) is 9.59 Å². The first-order valence-corrected chi connectivity index (χ1v) is 13.2. The highest BCUT2D eigenvalue weighted by Gasteiger charge is 2.25. The molecule has 3 rings (SSSR count). The molecule has 1 aromatic carbocycles. The molecular formula is C22H33N7O2S2. The number of thioether (sulfide) groups is 2. The summed E-state index contributed by atoms with van der Waals surface area (Å²) < 4.78 is 1.36. The lowest BCUT2D eigenvalue weighted by Gasteiger charge is -2.38. The molecule has 2 N–H and O–H groups in total. The molecule has 0 radical (unpaired) electrons. The third-order valence-corrected chi connectivity index (χ3v) is 7.75. The maximum atomic E-state index is 12.7. The molecule has 2 heterocycles. The highest BCUT2D eigenvalue weighted by molar-refractivity contribution is 8.00. The minimum atomic E-state index is 0.0399. The maximum Gasteiger partial charge on any atom is 0.233 e. The van der Waals surface area contributed by atoms with Gasteiger partial charge in [-0.05, 0) is 26.3 Å². The van der Waals surface area contributed by atoms with Crippen molar-refractivity contribution in [1.82, 2.24) is 29.6 Å². The van der Waals surface area contributed by atoms with E-state index in [4.69, 9.17) is 5.84 Å². The van der Waals surface area contributed by atoms with E-state index in [0.29, 0.717) is 42.5 Å². The largest absolute Gasteiger partial charge is 0.343 e. The number of nitrogens with two attached hydrogens (primary N) is 1. The first-order chi connectivity index (χ1) is 15.9. The Kier molecular flexibility index (Phi) is 9.45. The van der Waals surface area contributed by atoms with Crippen LogP contribution in [0.3, 0.4) is 0 Å². The Labute approximate surface area is 204 Å². The van der Waals surface area contributed by atoms with Crippen LogP contribution in [0.15, 0.2) is 40.6 Å². The average Bonchev–Trinajstić information content (AvgIpc) is 3.21. The van der Waals surface area contributed by atoms with Crippen molar-refractivity contribution in [3.05, 3.63) is 35.9 Å². The molecule has 1 aliphatic heterocycles. The second kappa shape index (κ2) is 12.3. The predicted octanol–water partition coefficient (Wildman–Crippen LogP) is 1.95. The van der Waals surface area contributed by atoms with Gasteiger partial charge in [-0.2, -0.15) is 0 Å². The minimum absolute atomic E-state index is 0.0399. The van der Waals surface area contributed by atoms with E-state index >= 15 is 0 Å². The van der Waals surface area contributed by atoms with E-state index < -0.39 is 0 Å². The molecule has 2 aromatic rings. The number of nitrogens with zero attached hydrogens (tertiary/aromatic N) is 6. The van der Waals surface area contributed by atoms with Gasteiger partial charge in [-0.15, -0.1) is 10.2 Å². The molecular weight excluding hydrogens is 458 g/mol. The zero-order valence-electron chi connectivity index (χ0n) is 19.5. The topological polar surface area (TPSA) is 101 Å². The fourth-order valence-corrected chi connectivity index (χ4v) is 5.35. The van der Waals surface area contributed by atoms with E-state index in [-0.39, 0.29) is 23.3 Å². The Bertz CT molecular complexity index is 913. The van der Waals surface area contributed by atoms with Gasteiger partial charge < -0.3 is 15.6 Å². The molecule has 11 heteroatoms. The molecule has 0 bridgehead atoms. The van der Waals surface area contributed by atoms with Crippen LogP contribution in [-0.4, -0.2) is 92.2 Å². The number of amides is 2. The Morgan fingerprint density at radius 2 is 1.58 bits per heavy atom. The lowest BCUT2D eigenvalue weighted by Crippen LogP contribution is -2.49. The van der Waals surface area contributed by atoms with E-state index in [1.54, 1.807) is 4.90 Å². The van der Waals surface area contributed by atoms with Crippen molar-refractivity contribution in [3.63, 3.8) is 0 Å². The van der Waals surface area contributed by atoms with Crippen LogP contribution < -0.4 is 5.84 Å². The van der Waals surface area contributed by atoms with Crippen molar-refractivity contribution in [3.8, 4) is 0 Å². The van der Waals surface area contributed by atoms with Crippen LogP contribution in [0.4, 0.5) is 0 Å². The van der Waals surface area contributed by atoms with Crippen molar-refractivity contribution in [1.29, 1.82) is 0 Å². The molecule has 0 aliphatic carbocycles. The standard InChI is InChI=1S/C22H33N7O2S2/c1-4-26(5-2)19(30)15-32-21-24-25-22(29(21)23)33-16-20(31)28-13-11-27(12-14-28)17(3)18-9-7-6-8-10-18/h6-10,17H,4-5,11-16,23H2,1-3H3. The normalized spacial score (nSPS) is 15.4. The fraction of sp³-hybridized carbons (Fsp3) is 0.545. The molecule has 1 saturated heterocycles. The number of hydrogen-bond donors (Lipinski definition) is 1. The predicted molar refractivity (Wildman–Crippen MR) is 133 cm³/mol. The number of hydrogen-bond acceptors (Lipinski definition) is 8. The van der Waals surface area contributed by atoms with Crippen LogP contribution in [0.2, 0.25) is 0 Å². The summed E-state index contributed by atoms with van der Waals surface area (Å²) in [5.41, 5.74) is 1.29. The number of carbonyl (C=O) groups is 2. The van der Waals surface area contributed by atoms with Gasteiger partial charge >= 0.3 is 0 Å². The van der Waals surface area contributed by atoms with E-state index in [1.165, 1.54) is 33.8 Å². The molecule has 0 saturated carbocycles. The van der Waals surface area contributed by atoms with Crippen LogP contribution in [0.1, 0.15) is 32.4 Å². The van der Waals surface area contributed by atoms with Gasteiger partial charge in [0.1, 0.15) is 0 Å². The van der Waals surface area contributed by atoms with E-state index in [1.807, 2.05) is 24.8 Å². The Morgan fingerprint density at radius 3 is 2.15 bits per heavy atom. The summed E-state index contributed by atoms with van der Waals surface area (Å²) in [4.78, 5) is 31.0. The Hall–Kier alpha value is -2.24. The summed E-state index contributed by atoms with van der Waals surface area (Å²) in [6, 6.07) is 10.8. The fourth-order valence-electron chi connectivity index (χ4n) is 3.77. The van der Waals surface area contributed by atoms with Gasteiger partial charge in [-0.25, -0.2) is 4.68 Å². The van der Waals surface area contributed by atoms with Gasteiger partial charge in [0, 0.05) is 45.3 Å². The van der Waals surface area contributed by atoms with Gasteiger partial charge in [0.2, 0.25) is 22.1 Å². The number of carbonyl (C=O) groups excluding carboxylic acids is 2. The summed E-state index contributed by atoms with van der Waals surface area (Å²) >= 11 is 2.53. The second-order valence-corrected chi connectivity index (χ2v) is 9.67. The first-order valence-electron chi connectivity index (χ1n) is 11.2. The van der Waals surface area contributed by atoms with Crippen molar-refractivity contribution in [2.75, 3.05) is 56.6 Å². The van der Waals surface area contributed by atoms with Gasteiger partial charge in [0.05, 0.1) is 11.5 Å². The zero-order valence-corrected chi connectivity index (χ0v) is 21.1. The quantitative estimate of drug-likeness (QED) is 0.398. The molecule has 0 spiro atoms. The van der Waals surface area contributed by atoms with Gasteiger partial charge in [0.25, 0.3) is 0 Å². The lowest BCUT2D eigenvalue weighted by molar-refractivity contribution is -0.130. The minimum Gasteiger partial charge on any atom is -0.343 e. The van der Waals surface area contributed by atoms with Crippen LogP contribution in [0.5, 0.6) is 0 Å². The Balaban J connectivity index is 1.44. The molecule has 9 nitrogen and oxygen atoms in total. The van der Waals surface area contributed by atoms with E-state index in [0.717, 1.165) is 13.1 Å². The molecule has 1 unspecified atom stereocenters. The van der Waals surface area contributed by atoms with Crippen LogP contribution in [0, 0.1) is 0 Å². The summed E-state index contributed by atoms with van der Waals surface area (Å²) in [6.45, 7) is 10.6. The molecule has 33 heavy (non-hydrogen) atoms. The third kappa shape index (κ3) is 6.64. The number of nitrogen functional groups attached to an aromatic ring is 1. The molecule has 180 valence electrons. The highest BCUT2D eigenvalue weighted by Crippen LogP contribution is 2.23. The highest BCUT2D eigenvalue weighted by atomic mass is 32.2. The van der Waals surface area contributed by atoms with E-state index in [2.05, 4.69) is 46.3 Å². The number of benzene rings is 1. The first kappa shape index (κ1) is 25.4. The molecule has 2 amide bonds. The monoisotopic (exact) mass is 491 g/mol. The second-order valence-electron chi connectivity index (χ2n) is 7.78. The van der Waals surface area contributed by atoms with Crippen LogP contribution >= 0.6 is 23.5 Å². The average molecular weight is 492 g/mol. The van der Waals surface area contributed by atoms with Crippen molar-refractivity contribution in [2.24, 2.45) is 0 Å². The van der Waals surface area contributed by atoms with E-state index in [9.17, 15) is 9.59 Å². The van der Waals surface area contributed by atoms with Crippen molar-refractivity contribution < 1.29 is 9.59 Å². The zero-order chi connectivity index (χ0) is 23.8. The molecule has 1 fully saturated rings. The smallest absolute Gasteiger partial charge is 0.233 e. The molecule has 1 aliphatic rings. The van der Waals surface area contributed by atoms with Gasteiger partial charge in [0.15, 0.2) is 0 Å². The summed E-state index contributed by atoms with van der Waals surface area (Å²) in [5.74, 6) is 6.72. The summed E-state index contributed by atoms with van der Waals surface area (Å²) in [7, 11) is 0. The van der Waals surface area contributed by atoms with Crippen LogP contribution in [0.25, 0.3) is 0 Å². The Morgan fingerprint density at radius 1 is 1.00 bits per heavy atom. The van der Waals surface area contributed by atoms with Crippen molar-refractivity contribution >= 4 is 35.3 Å². The summed E-state index contributed by atoms with van der Waals surface area (Å²) in [6.07, 6.45) is 0. The number of piperazine rings is 1. The van der Waals surface area contributed by atoms with Crippen molar-refractivity contribution in [2.45, 2.75) is 37.1 Å². The summed E-state index contributed by atoms with van der Waals surface area (Å²) in [5, 5.41) is 9.10. The van der Waals surface area contributed by atoms with Gasteiger partial charge in [-0.3, -0.25) is 14.5 Å². The number of aromatic nitrogens is 3. The maximum absolute atomic E-state index is 12.7. The molecule has 1 aromatic heterocycles. The molecule has 1 atom stereocenters.